The van der Waals surface area contributed by atoms with Gasteiger partial charge in [0, 0.05) is 25.3 Å². The van der Waals surface area contributed by atoms with Crippen molar-refractivity contribution in [2.45, 2.75) is 31.8 Å². The van der Waals surface area contributed by atoms with Crippen LogP contribution in [-0.4, -0.2) is 37.2 Å². The van der Waals surface area contributed by atoms with Gasteiger partial charge in [0.1, 0.15) is 0 Å². The van der Waals surface area contributed by atoms with Crippen molar-refractivity contribution in [2.24, 2.45) is 0 Å². The minimum atomic E-state index is -0.133. The summed E-state index contributed by atoms with van der Waals surface area (Å²) in [6.07, 6.45) is 3.19. The van der Waals surface area contributed by atoms with Gasteiger partial charge in [-0.15, -0.1) is 0 Å². The number of aryl methyl sites for hydroxylation is 1. The Morgan fingerprint density at radius 3 is 2.74 bits per heavy atom. The van der Waals surface area contributed by atoms with Crippen molar-refractivity contribution in [1.82, 2.24) is 10.2 Å². The number of nitrogens with one attached hydrogen (secondary N) is 2. The third-order valence-electron chi connectivity index (χ3n) is 5.44. The van der Waals surface area contributed by atoms with Crippen LogP contribution in [0.1, 0.15) is 35.6 Å². The number of carbonyl (C=O) groups is 1. The van der Waals surface area contributed by atoms with E-state index in [-0.39, 0.29) is 12.1 Å². The van der Waals surface area contributed by atoms with Gasteiger partial charge in [-0.1, -0.05) is 42.5 Å². The number of hydrogen-bond acceptors (Lipinski definition) is 3. The van der Waals surface area contributed by atoms with Gasteiger partial charge >= 0.3 is 6.03 Å². The summed E-state index contributed by atoms with van der Waals surface area (Å²) < 4.78 is 5.42. The van der Waals surface area contributed by atoms with Gasteiger partial charge in [0.05, 0.1) is 19.3 Å². The number of anilines is 1. The van der Waals surface area contributed by atoms with Crippen molar-refractivity contribution in [3.05, 3.63) is 65.2 Å². The first kappa shape index (κ1) is 18.0. The van der Waals surface area contributed by atoms with E-state index in [1.165, 1.54) is 11.1 Å². The summed E-state index contributed by atoms with van der Waals surface area (Å²) in [6.45, 7) is 4.24. The zero-order valence-electron chi connectivity index (χ0n) is 15.6. The van der Waals surface area contributed by atoms with E-state index in [0.29, 0.717) is 0 Å². The predicted octanol–water partition coefficient (Wildman–Crippen LogP) is 3.72. The lowest BCUT2D eigenvalue weighted by molar-refractivity contribution is 0.0343. The van der Waals surface area contributed by atoms with Crippen molar-refractivity contribution in [1.29, 1.82) is 0 Å². The summed E-state index contributed by atoms with van der Waals surface area (Å²) >= 11 is 0. The molecule has 0 aromatic heterocycles. The number of morpholine rings is 1. The molecule has 0 bridgehead atoms. The normalized spacial score (nSPS) is 19.9. The molecule has 1 aliphatic carbocycles. The van der Waals surface area contributed by atoms with Crippen LogP contribution < -0.4 is 10.6 Å². The van der Waals surface area contributed by atoms with Gasteiger partial charge in [-0.3, -0.25) is 4.90 Å². The van der Waals surface area contributed by atoms with E-state index < -0.39 is 0 Å². The number of ether oxygens (including phenoxy) is 1. The van der Waals surface area contributed by atoms with Gasteiger partial charge in [-0.25, -0.2) is 4.79 Å². The molecule has 2 aromatic rings. The predicted molar refractivity (Wildman–Crippen MR) is 107 cm³/mol. The molecule has 1 fully saturated rings. The molecule has 5 heteroatoms. The maximum Gasteiger partial charge on any atom is 0.319 e. The highest BCUT2D eigenvalue weighted by atomic mass is 16.5. The van der Waals surface area contributed by atoms with Crippen LogP contribution in [0.25, 0.3) is 0 Å². The number of carbonyl (C=O) groups excluding carboxylic acids is 1. The van der Waals surface area contributed by atoms with Crippen LogP contribution in [0.15, 0.2) is 48.5 Å². The van der Waals surface area contributed by atoms with Crippen molar-refractivity contribution in [3.8, 4) is 0 Å². The van der Waals surface area contributed by atoms with Gasteiger partial charge in [0.25, 0.3) is 0 Å². The fourth-order valence-corrected chi connectivity index (χ4v) is 4.00. The second-order valence-corrected chi connectivity index (χ2v) is 7.29. The third kappa shape index (κ3) is 4.49. The summed E-state index contributed by atoms with van der Waals surface area (Å²) in [5.41, 5.74) is 4.62. The summed E-state index contributed by atoms with van der Waals surface area (Å²) in [6, 6.07) is 16.4. The Kier molecular flexibility index (Phi) is 5.70. The van der Waals surface area contributed by atoms with Crippen LogP contribution in [-0.2, 0) is 17.7 Å². The Balaban J connectivity index is 1.41. The average molecular weight is 365 g/mol. The van der Waals surface area contributed by atoms with E-state index in [1.54, 1.807) is 0 Å². The monoisotopic (exact) mass is 365 g/mol. The van der Waals surface area contributed by atoms with Gasteiger partial charge in [-0.05, 0) is 42.0 Å². The van der Waals surface area contributed by atoms with Crippen molar-refractivity contribution in [2.75, 3.05) is 31.6 Å². The van der Waals surface area contributed by atoms with E-state index in [0.717, 1.165) is 63.4 Å². The van der Waals surface area contributed by atoms with Crippen molar-refractivity contribution in [3.63, 3.8) is 0 Å². The zero-order valence-corrected chi connectivity index (χ0v) is 15.6. The molecule has 0 spiro atoms. The molecule has 1 heterocycles. The Hall–Kier alpha value is -2.37. The van der Waals surface area contributed by atoms with E-state index in [9.17, 15) is 4.79 Å². The molecule has 142 valence electrons. The van der Waals surface area contributed by atoms with Gasteiger partial charge in [0.15, 0.2) is 0 Å². The second-order valence-electron chi connectivity index (χ2n) is 7.29. The highest BCUT2D eigenvalue weighted by Crippen LogP contribution is 2.29. The number of benzene rings is 2. The quantitative estimate of drug-likeness (QED) is 0.868. The number of amides is 2. The Bertz CT molecular complexity index is 787. The molecular weight excluding hydrogens is 338 g/mol. The minimum Gasteiger partial charge on any atom is -0.379 e. The number of fused-ring (bicyclic) bond motifs is 1. The SMILES string of the molecule is O=C(Nc1ccccc1CN1CCOCC1)NC1CCCc2ccccc21. The molecule has 2 aliphatic rings. The lowest BCUT2D eigenvalue weighted by atomic mass is 9.88. The van der Waals surface area contributed by atoms with Crippen LogP contribution in [0.4, 0.5) is 10.5 Å². The maximum absolute atomic E-state index is 12.7. The van der Waals surface area contributed by atoms with E-state index in [4.69, 9.17) is 4.74 Å². The molecule has 2 N–H and O–H groups in total. The summed E-state index contributed by atoms with van der Waals surface area (Å²) in [5, 5.41) is 6.24. The van der Waals surface area contributed by atoms with Crippen molar-refractivity contribution < 1.29 is 9.53 Å². The zero-order chi connectivity index (χ0) is 18.5. The number of rotatable bonds is 4. The molecule has 1 aliphatic heterocycles. The number of hydrogen-bond donors (Lipinski definition) is 2. The molecule has 1 saturated heterocycles. The number of nitrogens with zero attached hydrogens (tertiary/aromatic N) is 1. The topological polar surface area (TPSA) is 53.6 Å². The Morgan fingerprint density at radius 1 is 1.07 bits per heavy atom. The first-order chi connectivity index (χ1) is 13.3. The smallest absolute Gasteiger partial charge is 0.319 e. The molecule has 2 amide bonds. The Labute approximate surface area is 160 Å². The molecule has 1 unspecified atom stereocenters. The van der Waals surface area contributed by atoms with Crippen LogP contribution >= 0.6 is 0 Å². The van der Waals surface area contributed by atoms with E-state index >= 15 is 0 Å². The maximum atomic E-state index is 12.7. The molecule has 0 saturated carbocycles. The number of para-hydroxylation sites is 1. The van der Waals surface area contributed by atoms with Crippen LogP contribution in [0, 0.1) is 0 Å². The second kappa shape index (κ2) is 8.55. The summed E-state index contributed by atoms with van der Waals surface area (Å²) in [5.74, 6) is 0. The lowest BCUT2D eigenvalue weighted by Gasteiger charge is -2.28. The van der Waals surface area contributed by atoms with Gasteiger partial charge < -0.3 is 15.4 Å². The van der Waals surface area contributed by atoms with E-state index in [1.807, 2.05) is 24.3 Å². The first-order valence-corrected chi connectivity index (χ1v) is 9.83. The fourth-order valence-electron chi connectivity index (χ4n) is 4.00. The molecular formula is C22H27N3O2. The van der Waals surface area contributed by atoms with Crippen LogP contribution in [0.5, 0.6) is 0 Å². The Morgan fingerprint density at radius 2 is 1.85 bits per heavy atom. The van der Waals surface area contributed by atoms with Gasteiger partial charge in [-0.2, -0.15) is 0 Å². The molecule has 5 nitrogen and oxygen atoms in total. The first-order valence-electron chi connectivity index (χ1n) is 9.83. The van der Waals surface area contributed by atoms with E-state index in [2.05, 4.69) is 39.8 Å². The molecule has 0 radical (unpaired) electrons. The molecule has 1 atom stereocenters. The summed E-state index contributed by atoms with van der Waals surface area (Å²) in [4.78, 5) is 15.0. The molecule has 27 heavy (non-hydrogen) atoms. The average Bonchev–Trinajstić information content (AvgIpc) is 2.71. The number of urea groups is 1. The van der Waals surface area contributed by atoms with Crippen LogP contribution in [0.3, 0.4) is 0 Å². The summed E-state index contributed by atoms with van der Waals surface area (Å²) in [7, 11) is 0. The largest absolute Gasteiger partial charge is 0.379 e. The van der Waals surface area contributed by atoms with Crippen molar-refractivity contribution >= 4 is 11.7 Å². The minimum absolute atomic E-state index is 0.0846. The molecule has 2 aromatic carbocycles. The molecule has 4 rings (SSSR count). The lowest BCUT2D eigenvalue weighted by Crippen LogP contribution is -2.36. The third-order valence-corrected chi connectivity index (χ3v) is 5.44. The fraction of sp³-hybridized carbons (Fsp3) is 0.409. The highest BCUT2D eigenvalue weighted by Gasteiger charge is 2.22. The standard InChI is InChI=1S/C22H27N3O2/c26-22(24-21-11-5-8-17-6-1-3-9-19(17)21)23-20-10-4-2-7-18(20)16-25-12-14-27-15-13-25/h1-4,6-7,9-10,21H,5,8,11-16H2,(H2,23,24,26). The van der Waals surface area contributed by atoms with Gasteiger partial charge in [0.2, 0.25) is 0 Å². The van der Waals surface area contributed by atoms with Crippen LogP contribution in [0.2, 0.25) is 0 Å². The highest BCUT2D eigenvalue weighted by molar-refractivity contribution is 5.90.